The summed E-state index contributed by atoms with van der Waals surface area (Å²) in [5.74, 6) is 2.87. The molecule has 0 bridgehead atoms. The Bertz CT molecular complexity index is 1950. The van der Waals surface area contributed by atoms with E-state index in [9.17, 15) is 9.59 Å². The van der Waals surface area contributed by atoms with Crippen molar-refractivity contribution in [1.82, 2.24) is 4.98 Å². The van der Waals surface area contributed by atoms with Crippen molar-refractivity contribution in [2.45, 2.75) is 32.6 Å². The minimum Gasteiger partial charge on any atom is -0.497 e. The van der Waals surface area contributed by atoms with Gasteiger partial charge in [-0.1, -0.05) is 51.1 Å². The normalized spacial score (nSPS) is 11.0. The van der Waals surface area contributed by atoms with Crippen LogP contribution in [0.2, 0.25) is 0 Å². The maximum absolute atomic E-state index is 13.4. The van der Waals surface area contributed by atoms with Crippen molar-refractivity contribution in [1.29, 1.82) is 0 Å². The fourth-order valence-electron chi connectivity index (χ4n) is 5.22. The predicted octanol–water partition coefficient (Wildman–Crippen LogP) is 7.77. The molecule has 0 aliphatic carbocycles. The zero-order valence-corrected chi connectivity index (χ0v) is 27.8. The molecule has 4 aromatic carbocycles. The van der Waals surface area contributed by atoms with Gasteiger partial charge in [0.25, 0.3) is 0 Å². The van der Waals surface area contributed by atoms with E-state index in [1.807, 2.05) is 69.3 Å². The zero-order chi connectivity index (χ0) is 34.4. The lowest BCUT2D eigenvalue weighted by Gasteiger charge is -2.23. The van der Waals surface area contributed by atoms with Crippen molar-refractivity contribution in [3.8, 4) is 28.7 Å². The number of carbonyl (C=O) groups is 2. The lowest BCUT2D eigenvalue weighted by Crippen LogP contribution is -2.22. The summed E-state index contributed by atoms with van der Waals surface area (Å²) >= 11 is 0. The van der Waals surface area contributed by atoms with Crippen LogP contribution in [0.3, 0.4) is 0 Å². The molecule has 11 heteroatoms. The molecular formula is C37H39N5O6. The third-order valence-electron chi connectivity index (χ3n) is 7.56. The van der Waals surface area contributed by atoms with Gasteiger partial charge in [0.15, 0.2) is 0 Å². The van der Waals surface area contributed by atoms with E-state index in [0.29, 0.717) is 51.5 Å². The van der Waals surface area contributed by atoms with E-state index in [2.05, 4.69) is 20.9 Å². The fourth-order valence-corrected chi connectivity index (χ4v) is 5.22. The van der Waals surface area contributed by atoms with Crippen molar-refractivity contribution in [3.05, 3.63) is 96.2 Å². The van der Waals surface area contributed by atoms with Crippen LogP contribution >= 0.6 is 0 Å². The van der Waals surface area contributed by atoms with Crippen LogP contribution in [0.4, 0.5) is 27.7 Å². The van der Waals surface area contributed by atoms with E-state index < -0.39 is 11.9 Å². The number of pyridine rings is 1. The maximum Gasteiger partial charge on any atom is 0.323 e. The SMILES string of the molecule is COc1cc(Nc2cc(Oc3ccc(NC(=O)Nc4cc(C(C)(C)C)cc(CC(N)=O)c4OC)c4ccccc34)ccn2)cc(OC)c1. The topological polar surface area (TPSA) is 146 Å². The Labute approximate surface area is 279 Å². The summed E-state index contributed by atoms with van der Waals surface area (Å²) in [6.45, 7) is 6.14. The molecule has 0 fully saturated rings. The highest BCUT2D eigenvalue weighted by Crippen LogP contribution is 2.38. The largest absolute Gasteiger partial charge is 0.497 e. The number of carbonyl (C=O) groups excluding carboxylic acids is 2. The predicted molar refractivity (Wildman–Crippen MR) is 188 cm³/mol. The fraction of sp³-hybridized carbons (Fsp3) is 0.216. The summed E-state index contributed by atoms with van der Waals surface area (Å²) in [6.07, 6.45) is 1.62. The quantitative estimate of drug-likeness (QED) is 0.114. The van der Waals surface area contributed by atoms with Gasteiger partial charge < -0.3 is 40.6 Å². The number of hydrogen-bond acceptors (Lipinski definition) is 8. The Kier molecular flexibility index (Phi) is 9.88. The molecule has 3 amide bonds. The van der Waals surface area contributed by atoms with Gasteiger partial charge in [-0.3, -0.25) is 4.79 Å². The molecule has 0 unspecified atom stereocenters. The minimum absolute atomic E-state index is 0.0275. The first-order valence-corrected chi connectivity index (χ1v) is 15.2. The summed E-state index contributed by atoms with van der Waals surface area (Å²) in [4.78, 5) is 29.6. The second kappa shape index (κ2) is 14.2. The molecule has 248 valence electrons. The van der Waals surface area contributed by atoms with Crippen molar-refractivity contribution in [2.75, 3.05) is 37.3 Å². The van der Waals surface area contributed by atoms with E-state index in [-0.39, 0.29) is 11.8 Å². The molecule has 1 heterocycles. The van der Waals surface area contributed by atoms with Gasteiger partial charge in [-0.2, -0.15) is 0 Å². The van der Waals surface area contributed by atoms with E-state index in [0.717, 1.165) is 22.0 Å². The summed E-state index contributed by atoms with van der Waals surface area (Å²) in [6, 6.07) is 23.4. The van der Waals surface area contributed by atoms with Gasteiger partial charge in [-0.05, 0) is 35.2 Å². The summed E-state index contributed by atoms with van der Waals surface area (Å²) in [5.41, 5.74) is 8.50. The molecule has 48 heavy (non-hydrogen) atoms. The molecule has 5 rings (SSSR count). The number of nitrogens with zero attached hydrogens (tertiary/aromatic N) is 1. The average molecular weight is 650 g/mol. The number of benzene rings is 4. The van der Waals surface area contributed by atoms with E-state index in [1.54, 1.807) is 50.7 Å². The van der Waals surface area contributed by atoms with Crippen LogP contribution in [-0.4, -0.2) is 38.3 Å². The lowest BCUT2D eigenvalue weighted by atomic mass is 9.85. The first-order valence-electron chi connectivity index (χ1n) is 15.2. The Balaban J connectivity index is 1.38. The number of rotatable bonds is 11. The Hall–Kier alpha value is -5.97. The first-order chi connectivity index (χ1) is 23.0. The van der Waals surface area contributed by atoms with Crippen LogP contribution in [0.1, 0.15) is 31.9 Å². The van der Waals surface area contributed by atoms with Gasteiger partial charge >= 0.3 is 6.03 Å². The lowest BCUT2D eigenvalue weighted by molar-refractivity contribution is -0.117. The van der Waals surface area contributed by atoms with Gasteiger partial charge in [0.2, 0.25) is 5.91 Å². The van der Waals surface area contributed by atoms with Gasteiger partial charge in [0.1, 0.15) is 34.6 Å². The molecular weight excluding hydrogens is 610 g/mol. The standard InChI is InChI=1S/C37H39N5O6/c1-37(2,3)23-15-22(16-33(38)43)35(47-6)31(17-23)42-36(44)41-30-11-12-32(29-10-8-7-9-28(29)30)48-25-13-14-39-34(21-25)40-24-18-26(45-4)20-27(19-24)46-5/h7-15,17-21H,16H2,1-6H3,(H2,38,43)(H,39,40)(H2,41,42,44). The van der Waals surface area contributed by atoms with Crippen molar-refractivity contribution in [2.24, 2.45) is 5.73 Å². The zero-order valence-electron chi connectivity index (χ0n) is 27.8. The monoisotopic (exact) mass is 649 g/mol. The first kappa shape index (κ1) is 33.4. The molecule has 0 spiro atoms. The number of primary amides is 1. The number of nitrogens with two attached hydrogens (primary N) is 1. The number of urea groups is 1. The number of hydrogen-bond donors (Lipinski definition) is 4. The number of fused-ring (bicyclic) bond motifs is 1. The number of anilines is 4. The molecule has 5 N–H and O–H groups in total. The van der Waals surface area contributed by atoms with E-state index >= 15 is 0 Å². The average Bonchev–Trinajstić information content (AvgIpc) is 3.05. The number of aromatic nitrogens is 1. The van der Waals surface area contributed by atoms with Crippen molar-refractivity contribution >= 4 is 45.6 Å². The van der Waals surface area contributed by atoms with Gasteiger partial charge in [-0.15, -0.1) is 0 Å². The van der Waals surface area contributed by atoms with Crippen LogP contribution < -0.4 is 40.6 Å². The number of methoxy groups -OCH3 is 3. The highest BCUT2D eigenvalue weighted by Gasteiger charge is 2.22. The third kappa shape index (κ3) is 7.87. The van der Waals surface area contributed by atoms with E-state index in [4.69, 9.17) is 24.7 Å². The molecule has 5 aromatic rings. The number of ether oxygens (including phenoxy) is 4. The molecule has 0 aliphatic rings. The van der Waals surface area contributed by atoms with E-state index in [1.165, 1.54) is 7.11 Å². The molecule has 1 aromatic heterocycles. The summed E-state index contributed by atoms with van der Waals surface area (Å²) in [7, 11) is 4.67. The Morgan fingerprint density at radius 3 is 2.10 bits per heavy atom. The van der Waals surface area contributed by atoms with Gasteiger partial charge in [0, 0.05) is 52.5 Å². The van der Waals surface area contributed by atoms with Crippen molar-refractivity contribution < 1.29 is 28.5 Å². The molecule has 0 radical (unpaired) electrons. The molecule has 11 nitrogen and oxygen atoms in total. The van der Waals surface area contributed by atoms with Gasteiger partial charge in [0.05, 0.1) is 39.1 Å². The van der Waals surface area contributed by atoms with Crippen molar-refractivity contribution in [3.63, 3.8) is 0 Å². The summed E-state index contributed by atoms with van der Waals surface area (Å²) in [5, 5.41) is 10.7. The Morgan fingerprint density at radius 1 is 0.771 bits per heavy atom. The van der Waals surface area contributed by atoms with Gasteiger partial charge in [-0.25, -0.2) is 9.78 Å². The van der Waals surface area contributed by atoms with Crippen LogP contribution in [-0.2, 0) is 16.6 Å². The summed E-state index contributed by atoms with van der Waals surface area (Å²) < 4.78 is 22.7. The minimum atomic E-state index is -0.500. The maximum atomic E-state index is 13.4. The third-order valence-corrected chi connectivity index (χ3v) is 7.56. The number of nitrogens with one attached hydrogen (secondary N) is 3. The van der Waals surface area contributed by atoms with Crippen LogP contribution in [0.25, 0.3) is 10.8 Å². The highest BCUT2D eigenvalue weighted by molar-refractivity contribution is 6.08. The second-order valence-electron chi connectivity index (χ2n) is 12.1. The smallest absolute Gasteiger partial charge is 0.323 e. The Morgan fingerprint density at radius 2 is 1.46 bits per heavy atom. The van der Waals surface area contributed by atoms with Crippen LogP contribution in [0.5, 0.6) is 28.7 Å². The molecule has 0 atom stereocenters. The molecule has 0 saturated carbocycles. The van der Waals surface area contributed by atoms with Crippen LogP contribution in [0, 0.1) is 0 Å². The molecule has 0 aliphatic heterocycles. The molecule has 0 saturated heterocycles. The highest BCUT2D eigenvalue weighted by atomic mass is 16.5. The van der Waals surface area contributed by atoms with Crippen LogP contribution in [0.15, 0.2) is 85.1 Å². The second-order valence-corrected chi connectivity index (χ2v) is 12.1. The number of amides is 3.